The highest BCUT2D eigenvalue weighted by Gasteiger charge is 2.35. The van der Waals surface area contributed by atoms with Crippen molar-refractivity contribution >= 4 is 46.4 Å². The van der Waals surface area contributed by atoms with Crippen LogP contribution in [0, 0.1) is 0 Å². The van der Waals surface area contributed by atoms with Crippen molar-refractivity contribution in [2.45, 2.75) is 17.4 Å². The van der Waals surface area contributed by atoms with Gasteiger partial charge in [0.25, 0.3) is 0 Å². The SMILES string of the molecule is CC(N)(C(=O)N1CCN(c2ccc(S(N)(=O)=O)cc2)CC1)c1ccccc1.Cl.Cl. The van der Waals surface area contributed by atoms with Crippen LogP contribution in [0.4, 0.5) is 5.69 Å². The summed E-state index contributed by atoms with van der Waals surface area (Å²) in [6.45, 7) is 4.13. The van der Waals surface area contributed by atoms with Crippen LogP contribution in [0.15, 0.2) is 59.5 Å². The van der Waals surface area contributed by atoms with Gasteiger partial charge in [-0.1, -0.05) is 30.3 Å². The van der Waals surface area contributed by atoms with Gasteiger partial charge in [-0.05, 0) is 36.8 Å². The van der Waals surface area contributed by atoms with Crippen molar-refractivity contribution in [3.63, 3.8) is 0 Å². The van der Waals surface area contributed by atoms with E-state index in [1.165, 1.54) is 12.1 Å². The Kier molecular flexibility index (Phi) is 8.49. The van der Waals surface area contributed by atoms with Crippen molar-refractivity contribution in [1.29, 1.82) is 0 Å². The summed E-state index contributed by atoms with van der Waals surface area (Å²) >= 11 is 0. The Balaban J connectivity index is 0.00000210. The van der Waals surface area contributed by atoms with Crippen LogP contribution in [0.5, 0.6) is 0 Å². The molecule has 1 heterocycles. The molecule has 1 unspecified atom stereocenters. The van der Waals surface area contributed by atoms with Gasteiger partial charge >= 0.3 is 0 Å². The minimum absolute atomic E-state index is 0. The van der Waals surface area contributed by atoms with Gasteiger partial charge in [-0.3, -0.25) is 4.79 Å². The zero-order valence-electron chi connectivity index (χ0n) is 16.0. The molecule has 1 amide bonds. The van der Waals surface area contributed by atoms with Crippen LogP contribution in [-0.2, 0) is 20.4 Å². The van der Waals surface area contributed by atoms with Crippen LogP contribution in [0.3, 0.4) is 0 Å². The maximum atomic E-state index is 12.9. The third kappa shape index (κ3) is 5.61. The van der Waals surface area contributed by atoms with Gasteiger partial charge in [0.2, 0.25) is 15.9 Å². The molecular formula is C19H26Cl2N4O3S. The fraction of sp³-hybridized carbons (Fsp3) is 0.316. The molecular weight excluding hydrogens is 435 g/mol. The van der Waals surface area contributed by atoms with Gasteiger partial charge in [0.15, 0.2) is 0 Å². The molecule has 160 valence electrons. The first-order valence-corrected chi connectivity index (χ1v) is 10.3. The highest BCUT2D eigenvalue weighted by atomic mass is 35.5. The molecule has 2 aromatic rings. The average Bonchev–Trinajstić information content (AvgIpc) is 2.67. The second-order valence-corrected chi connectivity index (χ2v) is 8.45. The Bertz CT molecular complexity index is 914. The van der Waals surface area contributed by atoms with E-state index in [4.69, 9.17) is 10.9 Å². The van der Waals surface area contributed by atoms with Gasteiger partial charge in [0.1, 0.15) is 5.54 Å². The lowest BCUT2D eigenvalue weighted by atomic mass is 9.91. The average molecular weight is 461 g/mol. The summed E-state index contributed by atoms with van der Waals surface area (Å²) in [4.78, 5) is 16.9. The lowest BCUT2D eigenvalue weighted by molar-refractivity contribution is -0.137. The van der Waals surface area contributed by atoms with Crippen LogP contribution in [-0.4, -0.2) is 45.4 Å². The molecule has 0 spiro atoms. The first kappa shape index (κ1) is 25.2. The summed E-state index contributed by atoms with van der Waals surface area (Å²) < 4.78 is 22.7. The molecule has 1 fully saturated rings. The van der Waals surface area contributed by atoms with Crippen molar-refractivity contribution in [2.24, 2.45) is 10.9 Å². The Morgan fingerprint density at radius 3 is 1.93 bits per heavy atom. The Hall–Kier alpha value is -1.84. The van der Waals surface area contributed by atoms with Gasteiger partial charge in [-0.25, -0.2) is 13.6 Å². The standard InChI is InChI=1S/C19H24N4O3S.2ClH/c1-19(20,15-5-3-2-4-6-15)18(24)23-13-11-22(12-14-23)16-7-9-17(10-8-16)27(21,25)26;;/h2-10H,11-14,20H2,1H3,(H2,21,25,26);2*1H. The van der Waals surface area contributed by atoms with E-state index in [0.717, 1.165) is 11.3 Å². The first-order chi connectivity index (χ1) is 12.7. The number of benzene rings is 2. The number of carbonyl (C=O) groups excluding carboxylic acids is 1. The first-order valence-electron chi connectivity index (χ1n) is 8.71. The van der Waals surface area contributed by atoms with Crippen molar-refractivity contribution in [2.75, 3.05) is 31.1 Å². The number of rotatable bonds is 4. The van der Waals surface area contributed by atoms with E-state index in [1.54, 1.807) is 24.0 Å². The number of piperazine rings is 1. The number of halogens is 2. The van der Waals surface area contributed by atoms with Gasteiger partial charge in [0.05, 0.1) is 4.90 Å². The van der Waals surface area contributed by atoms with Crippen LogP contribution in [0.1, 0.15) is 12.5 Å². The van der Waals surface area contributed by atoms with Crippen molar-refractivity contribution in [1.82, 2.24) is 4.90 Å². The summed E-state index contributed by atoms with van der Waals surface area (Å²) in [6, 6.07) is 15.8. The summed E-state index contributed by atoms with van der Waals surface area (Å²) in [5, 5.41) is 5.13. The normalized spacial score (nSPS) is 16.2. The Labute approximate surface area is 183 Å². The fourth-order valence-electron chi connectivity index (χ4n) is 3.25. The third-order valence-corrected chi connectivity index (χ3v) is 5.84. The number of anilines is 1. The second-order valence-electron chi connectivity index (χ2n) is 6.89. The van der Waals surface area contributed by atoms with Gasteiger partial charge in [0, 0.05) is 31.9 Å². The van der Waals surface area contributed by atoms with Crippen LogP contribution in [0.2, 0.25) is 0 Å². The number of nitrogens with two attached hydrogens (primary N) is 2. The zero-order chi connectivity index (χ0) is 19.7. The molecule has 3 rings (SSSR count). The summed E-state index contributed by atoms with van der Waals surface area (Å²) in [7, 11) is -3.70. The van der Waals surface area contributed by atoms with E-state index >= 15 is 0 Å². The van der Waals surface area contributed by atoms with Gasteiger partial charge in [-0.2, -0.15) is 0 Å². The maximum Gasteiger partial charge on any atom is 0.247 e. The number of sulfonamides is 1. The van der Waals surface area contributed by atoms with Crippen LogP contribution >= 0.6 is 24.8 Å². The topological polar surface area (TPSA) is 110 Å². The third-order valence-electron chi connectivity index (χ3n) is 4.92. The summed E-state index contributed by atoms with van der Waals surface area (Å²) in [5.74, 6) is -0.0991. The fourth-order valence-corrected chi connectivity index (χ4v) is 3.77. The number of carbonyl (C=O) groups is 1. The Morgan fingerprint density at radius 2 is 1.45 bits per heavy atom. The van der Waals surface area contributed by atoms with E-state index in [-0.39, 0.29) is 35.6 Å². The molecule has 0 aliphatic carbocycles. The molecule has 10 heteroatoms. The lowest BCUT2D eigenvalue weighted by Gasteiger charge is -2.39. The lowest BCUT2D eigenvalue weighted by Crippen LogP contribution is -2.56. The quantitative estimate of drug-likeness (QED) is 0.721. The van der Waals surface area contributed by atoms with E-state index in [9.17, 15) is 13.2 Å². The van der Waals surface area contributed by atoms with Crippen molar-refractivity contribution in [3.05, 3.63) is 60.2 Å². The van der Waals surface area contributed by atoms with E-state index in [2.05, 4.69) is 4.90 Å². The molecule has 0 aromatic heterocycles. The molecule has 2 aromatic carbocycles. The molecule has 1 atom stereocenters. The van der Waals surface area contributed by atoms with E-state index < -0.39 is 15.6 Å². The molecule has 1 aliphatic rings. The zero-order valence-corrected chi connectivity index (χ0v) is 18.5. The summed E-state index contributed by atoms with van der Waals surface area (Å²) in [6.07, 6.45) is 0. The minimum atomic E-state index is -3.70. The summed E-state index contributed by atoms with van der Waals surface area (Å²) in [5.41, 5.74) is 6.96. The highest BCUT2D eigenvalue weighted by Crippen LogP contribution is 2.23. The van der Waals surface area contributed by atoms with Gasteiger partial charge in [-0.15, -0.1) is 24.8 Å². The number of hydrogen-bond acceptors (Lipinski definition) is 5. The number of nitrogens with zero attached hydrogens (tertiary/aromatic N) is 2. The number of amides is 1. The van der Waals surface area contributed by atoms with Crippen molar-refractivity contribution < 1.29 is 13.2 Å². The van der Waals surface area contributed by atoms with E-state index in [1.807, 2.05) is 30.3 Å². The molecule has 0 radical (unpaired) electrons. The largest absolute Gasteiger partial charge is 0.368 e. The van der Waals surface area contributed by atoms with Crippen molar-refractivity contribution in [3.8, 4) is 0 Å². The Morgan fingerprint density at radius 1 is 0.931 bits per heavy atom. The molecule has 0 saturated carbocycles. The molecule has 29 heavy (non-hydrogen) atoms. The molecule has 0 bridgehead atoms. The highest BCUT2D eigenvalue weighted by molar-refractivity contribution is 7.89. The molecule has 4 N–H and O–H groups in total. The monoisotopic (exact) mass is 460 g/mol. The smallest absolute Gasteiger partial charge is 0.247 e. The molecule has 1 aliphatic heterocycles. The number of primary sulfonamides is 1. The molecule has 7 nitrogen and oxygen atoms in total. The van der Waals surface area contributed by atoms with Crippen LogP contribution in [0.25, 0.3) is 0 Å². The number of hydrogen-bond donors (Lipinski definition) is 2. The van der Waals surface area contributed by atoms with Gasteiger partial charge < -0.3 is 15.5 Å². The predicted molar refractivity (Wildman–Crippen MR) is 119 cm³/mol. The minimum Gasteiger partial charge on any atom is -0.368 e. The molecule has 1 saturated heterocycles. The maximum absolute atomic E-state index is 12.9. The predicted octanol–water partition coefficient (Wildman–Crippen LogP) is 1.70. The second kappa shape index (κ2) is 9.77. The van der Waals surface area contributed by atoms with E-state index in [0.29, 0.717) is 26.2 Å². The van der Waals surface area contributed by atoms with Crippen LogP contribution < -0.4 is 15.8 Å².